The van der Waals surface area contributed by atoms with Gasteiger partial charge in [0.2, 0.25) is 0 Å². The quantitative estimate of drug-likeness (QED) is 0.230. The summed E-state index contributed by atoms with van der Waals surface area (Å²) in [6.45, 7) is 1.42. The van der Waals surface area contributed by atoms with Gasteiger partial charge in [-0.05, 0) is 36.8 Å². The topological polar surface area (TPSA) is 130 Å². The van der Waals surface area contributed by atoms with Crippen LogP contribution in [0.1, 0.15) is 20.2 Å². The smallest absolute Gasteiger partial charge is 0.266 e. The van der Waals surface area contributed by atoms with E-state index < -0.39 is 5.56 Å². The third-order valence-corrected chi connectivity index (χ3v) is 7.96. The minimum absolute atomic E-state index is 0.00730. The molecule has 11 heteroatoms. The van der Waals surface area contributed by atoms with Crippen molar-refractivity contribution in [3.8, 4) is 11.8 Å². The van der Waals surface area contributed by atoms with Gasteiger partial charge in [-0.3, -0.25) is 14.2 Å². The summed E-state index contributed by atoms with van der Waals surface area (Å²) in [6.07, 6.45) is 1.30. The van der Waals surface area contributed by atoms with E-state index in [9.17, 15) is 20.0 Å². The molecule has 0 atom stereocenters. The van der Waals surface area contributed by atoms with E-state index >= 15 is 0 Å². The van der Waals surface area contributed by atoms with Crippen molar-refractivity contribution in [1.29, 1.82) is 5.26 Å². The van der Waals surface area contributed by atoms with Gasteiger partial charge < -0.3 is 15.2 Å². The molecule has 0 aliphatic rings. The number of amides is 1. The molecule has 0 radical (unpaired) electrons. The van der Waals surface area contributed by atoms with Gasteiger partial charge in [0.15, 0.2) is 0 Å². The highest BCUT2D eigenvalue weighted by Crippen LogP contribution is 2.31. The molecule has 5 rings (SSSR count). The Hall–Kier alpha value is -4.53. The van der Waals surface area contributed by atoms with Crippen LogP contribution in [-0.2, 0) is 6.54 Å². The minimum atomic E-state index is -0.428. The summed E-state index contributed by atoms with van der Waals surface area (Å²) >= 11 is 2.39. The monoisotopic (exact) mass is 529 g/mol. The number of nitrogens with zero attached hydrogens (tertiary/aromatic N) is 4. The van der Waals surface area contributed by atoms with Crippen molar-refractivity contribution in [2.45, 2.75) is 13.5 Å². The zero-order chi connectivity index (χ0) is 26.1. The highest BCUT2D eigenvalue weighted by molar-refractivity contribution is 7.20. The Labute approximate surface area is 218 Å². The number of nitriles is 1. The lowest BCUT2D eigenvalue weighted by Gasteiger charge is -2.09. The molecular formula is C26H19N5O4S2. The summed E-state index contributed by atoms with van der Waals surface area (Å²) in [5.74, 6) is -0.174. The number of rotatable bonds is 6. The number of para-hydroxylation sites is 3. The molecule has 37 heavy (non-hydrogen) atoms. The number of thiazole rings is 1. The number of nitrogens with one attached hydrogen (secondary N) is 1. The molecule has 3 heterocycles. The second-order valence-electron chi connectivity index (χ2n) is 7.99. The molecule has 0 spiro atoms. The Morgan fingerprint density at radius 2 is 1.95 bits per heavy atom. The van der Waals surface area contributed by atoms with Crippen molar-refractivity contribution >= 4 is 60.3 Å². The molecule has 3 aromatic heterocycles. The SMILES string of the molecule is COc1ccccc1NC(=O)c1sc2ncn(C/C(O)=C(\C#N)c3nc4ccccc4s3)c(=O)c2c1C. The van der Waals surface area contributed by atoms with Crippen molar-refractivity contribution in [3.05, 3.63) is 86.4 Å². The van der Waals surface area contributed by atoms with Crippen LogP contribution >= 0.6 is 22.7 Å². The van der Waals surface area contributed by atoms with Gasteiger partial charge in [0.05, 0.1) is 46.1 Å². The molecule has 2 aromatic carbocycles. The Kier molecular flexibility index (Phi) is 6.43. The predicted molar refractivity (Wildman–Crippen MR) is 144 cm³/mol. The molecule has 0 bridgehead atoms. The zero-order valence-electron chi connectivity index (χ0n) is 19.7. The fourth-order valence-corrected chi connectivity index (χ4v) is 5.89. The van der Waals surface area contributed by atoms with Crippen LogP contribution < -0.4 is 15.6 Å². The first-order valence-corrected chi connectivity index (χ1v) is 12.7. The number of ether oxygens (including phenoxy) is 1. The van der Waals surface area contributed by atoms with E-state index in [1.54, 1.807) is 31.2 Å². The third-order valence-electron chi connectivity index (χ3n) is 5.71. The number of allylic oxidation sites excluding steroid dienone is 2. The fourth-order valence-electron chi connectivity index (χ4n) is 3.87. The van der Waals surface area contributed by atoms with Gasteiger partial charge in [0.1, 0.15) is 33.0 Å². The standard InChI is InChI=1S/C26H19N5O4S2/c1-14-21-25(37-22(14)23(33)29-16-7-3-5-9-19(16)35-2)28-13-31(26(21)34)12-18(32)15(11-27)24-30-17-8-4-6-10-20(17)36-24/h3-10,13,32H,12H2,1-2H3,(H,29,33)/b18-15-. The molecule has 5 aromatic rings. The molecule has 2 N–H and O–H groups in total. The number of hydrogen-bond donors (Lipinski definition) is 2. The van der Waals surface area contributed by atoms with Crippen molar-refractivity contribution in [1.82, 2.24) is 14.5 Å². The number of aliphatic hydroxyl groups excluding tert-OH is 1. The lowest BCUT2D eigenvalue weighted by Crippen LogP contribution is -2.22. The number of fused-ring (bicyclic) bond motifs is 2. The molecule has 184 valence electrons. The van der Waals surface area contributed by atoms with Crippen molar-refractivity contribution in [2.24, 2.45) is 0 Å². The third kappa shape index (κ3) is 4.44. The molecular weight excluding hydrogens is 510 g/mol. The molecule has 0 aliphatic carbocycles. The van der Waals surface area contributed by atoms with Crippen molar-refractivity contribution in [3.63, 3.8) is 0 Å². The van der Waals surface area contributed by atoms with E-state index in [4.69, 9.17) is 4.74 Å². The number of hydrogen-bond acceptors (Lipinski definition) is 9. The molecule has 0 aliphatic heterocycles. The number of thiophene rings is 1. The van der Waals surface area contributed by atoms with Crippen LogP contribution in [0.4, 0.5) is 5.69 Å². The van der Waals surface area contributed by atoms with Gasteiger partial charge >= 0.3 is 0 Å². The van der Waals surface area contributed by atoms with Gasteiger partial charge in [-0.25, -0.2) is 9.97 Å². The molecule has 0 saturated heterocycles. The highest BCUT2D eigenvalue weighted by atomic mass is 32.1. The lowest BCUT2D eigenvalue weighted by molar-refractivity contribution is 0.102. The van der Waals surface area contributed by atoms with Crippen molar-refractivity contribution < 1.29 is 14.6 Å². The molecule has 9 nitrogen and oxygen atoms in total. The van der Waals surface area contributed by atoms with E-state index in [-0.39, 0.29) is 29.2 Å². The van der Waals surface area contributed by atoms with E-state index in [2.05, 4.69) is 15.3 Å². The van der Waals surface area contributed by atoms with Gasteiger partial charge in [-0.2, -0.15) is 5.26 Å². The number of aromatic nitrogens is 3. The maximum absolute atomic E-state index is 13.3. The number of aryl methyl sites for hydroxylation is 1. The van der Waals surface area contributed by atoms with Gasteiger partial charge in [-0.15, -0.1) is 22.7 Å². The van der Waals surface area contributed by atoms with Crippen LogP contribution in [-0.4, -0.2) is 32.7 Å². The highest BCUT2D eigenvalue weighted by Gasteiger charge is 2.21. The average Bonchev–Trinajstić information content (AvgIpc) is 3.47. The first kappa shape index (κ1) is 24.2. The predicted octanol–water partition coefficient (Wildman–Crippen LogP) is 5.13. The Bertz CT molecular complexity index is 1780. The summed E-state index contributed by atoms with van der Waals surface area (Å²) < 4.78 is 7.38. The van der Waals surface area contributed by atoms with E-state index in [1.165, 1.54) is 29.3 Å². The minimum Gasteiger partial charge on any atom is -0.509 e. The molecule has 0 unspecified atom stereocenters. The Morgan fingerprint density at radius 1 is 1.19 bits per heavy atom. The van der Waals surface area contributed by atoms with Crippen LogP contribution in [0.15, 0.2) is 65.4 Å². The maximum atomic E-state index is 13.3. The van der Waals surface area contributed by atoms with Crippen LogP contribution in [0.25, 0.3) is 26.0 Å². The van der Waals surface area contributed by atoms with Gasteiger partial charge in [0.25, 0.3) is 11.5 Å². The largest absolute Gasteiger partial charge is 0.509 e. The Balaban J connectivity index is 1.48. The van der Waals surface area contributed by atoms with Crippen LogP contribution in [0, 0.1) is 18.3 Å². The Morgan fingerprint density at radius 3 is 2.70 bits per heavy atom. The van der Waals surface area contributed by atoms with Gasteiger partial charge in [0, 0.05) is 0 Å². The molecule has 0 saturated carbocycles. The number of aliphatic hydroxyl groups is 1. The van der Waals surface area contributed by atoms with E-state index in [0.29, 0.717) is 31.7 Å². The van der Waals surface area contributed by atoms with Crippen molar-refractivity contribution in [2.75, 3.05) is 12.4 Å². The zero-order valence-corrected chi connectivity index (χ0v) is 21.3. The van der Waals surface area contributed by atoms with E-state index in [1.807, 2.05) is 30.3 Å². The first-order chi connectivity index (χ1) is 17.9. The second kappa shape index (κ2) is 9.85. The number of carbonyl (C=O) groups excluding carboxylic acids is 1. The summed E-state index contributed by atoms with van der Waals surface area (Å²) in [7, 11) is 1.51. The lowest BCUT2D eigenvalue weighted by atomic mass is 10.2. The second-order valence-corrected chi connectivity index (χ2v) is 10.0. The number of carbonyl (C=O) groups is 1. The fraction of sp³-hybridized carbons (Fsp3) is 0.115. The molecule has 0 fully saturated rings. The number of methoxy groups -OCH3 is 1. The van der Waals surface area contributed by atoms with E-state index in [0.717, 1.165) is 21.6 Å². The normalized spacial score (nSPS) is 11.8. The van der Waals surface area contributed by atoms with Crippen LogP contribution in [0.3, 0.4) is 0 Å². The van der Waals surface area contributed by atoms with Crippen LogP contribution in [0.5, 0.6) is 5.75 Å². The first-order valence-electron chi connectivity index (χ1n) is 11.0. The number of anilines is 1. The summed E-state index contributed by atoms with van der Waals surface area (Å²) in [5.41, 5.74) is 1.27. The summed E-state index contributed by atoms with van der Waals surface area (Å²) in [6, 6.07) is 16.4. The van der Waals surface area contributed by atoms with Gasteiger partial charge in [-0.1, -0.05) is 24.3 Å². The summed E-state index contributed by atoms with van der Waals surface area (Å²) in [5, 5.41) is 23.9. The molecule has 1 amide bonds. The number of benzene rings is 2. The van der Waals surface area contributed by atoms with Crippen LogP contribution in [0.2, 0.25) is 0 Å². The maximum Gasteiger partial charge on any atom is 0.266 e. The summed E-state index contributed by atoms with van der Waals surface area (Å²) in [4.78, 5) is 35.8. The average molecular weight is 530 g/mol.